The maximum atomic E-state index is 6.07. The van der Waals surface area contributed by atoms with E-state index in [1.165, 1.54) is 0 Å². The SMILES string of the molecule is COc1ccc(Cl)cc1Nc1cc(N2CCN(C)CC2)ncn1. The van der Waals surface area contributed by atoms with Gasteiger partial charge in [-0.15, -0.1) is 0 Å². The minimum Gasteiger partial charge on any atom is -0.495 e. The van der Waals surface area contributed by atoms with E-state index in [4.69, 9.17) is 16.3 Å². The molecule has 0 radical (unpaired) electrons. The number of nitrogens with one attached hydrogen (secondary N) is 1. The second kappa shape index (κ2) is 7.02. The molecule has 23 heavy (non-hydrogen) atoms. The molecule has 122 valence electrons. The van der Waals surface area contributed by atoms with Gasteiger partial charge in [0.1, 0.15) is 23.7 Å². The molecule has 3 rings (SSSR count). The number of benzene rings is 1. The summed E-state index contributed by atoms with van der Waals surface area (Å²) in [5, 5.41) is 3.90. The van der Waals surface area contributed by atoms with Crippen molar-refractivity contribution in [3.05, 3.63) is 35.6 Å². The molecule has 1 fully saturated rings. The fourth-order valence-electron chi connectivity index (χ4n) is 2.54. The van der Waals surface area contributed by atoms with Crippen molar-refractivity contribution in [2.75, 3.05) is 50.6 Å². The van der Waals surface area contributed by atoms with E-state index in [1.807, 2.05) is 18.2 Å². The van der Waals surface area contributed by atoms with Crippen LogP contribution in [0.5, 0.6) is 5.75 Å². The lowest BCUT2D eigenvalue weighted by atomic mass is 10.3. The van der Waals surface area contributed by atoms with E-state index in [2.05, 4.69) is 32.1 Å². The highest BCUT2D eigenvalue weighted by Gasteiger charge is 2.16. The van der Waals surface area contributed by atoms with Gasteiger partial charge < -0.3 is 19.9 Å². The lowest BCUT2D eigenvalue weighted by molar-refractivity contribution is 0.312. The maximum absolute atomic E-state index is 6.07. The van der Waals surface area contributed by atoms with Crippen molar-refractivity contribution in [3.63, 3.8) is 0 Å². The zero-order valence-corrected chi connectivity index (χ0v) is 14.0. The summed E-state index contributed by atoms with van der Waals surface area (Å²) in [6.07, 6.45) is 1.58. The average molecular weight is 334 g/mol. The first kappa shape index (κ1) is 15.8. The number of ether oxygens (including phenoxy) is 1. The van der Waals surface area contributed by atoms with Crippen LogP contribution in [0.15, 0.2) is 30.6 Å². The first-order valence-corrected chi connectivity index (χ1v) is 7.89. The van der Waals surface area contributed by atoms with Gasteiger partial charge in [-0.2, -0.15) is 0 Å². The summed E-state index contributed by atoms with van der Waals surface area (Å²) in [5.74, 6) is 2.36. The van der Waals surface area contributed by atoms with Crippen molar-refractivity contribution >= 4 is 28.9 Å². The highest BCUT2D eigenvalue weighted by atomic mass is 35.5. The van der Waals surface area contributed by atoms with Gasteiger partial charge in [0.15, 0.2) is 0 Å². The smallest absolute Gasteiger partial charge is 0.142 e. The summed E-state index contributed by atoms with van der Waals surface area (Å²) in [4.78, 5) is 13.3. The third-order valence-corrected chi connectivity index (χ3v) is 4.14. The number of piperazine rings is 1. The Morgan fingerprint density at radius 1 is 1.13 bits per heavy atom. The zero-order valence-electron chi connectivity index (χ0n) is 13.3. The molecule has 0 amide bonds. The minimum absolute atomic E-state index is 0.640. The van der Waals surface area contributed by atoms with Crippen molar-refractivity contribution in [1.82, 2.24) is 14.9 Å². The van der Waals surface area contributed by atoms with Crippen LogP contribution < -0.4 is 15.0 Å². The van der Waals surface area contributed by atoms with Gasteiger partial charge in [-0.3, -0.25) is 0 Å². The Morgan fingerprint density at radius 3 is 2.65 bits per heavy atom. The molecule has 0 spiro atoms. The Balaban J connectivity index is 1.79. The van der Waals surface area contributed by atoms with Crippen molar-refractivity contribution in [2.24, 2.45) is 0 Å². The van der Waals surface area contributed by atoms with Gasteiger partial charge in [0, 0.05) is 37.3 Å². The van der Waals surface area contributed by atoms with Crippen molar-refractivity contribution < 1.29 is 4.74 Å². The second-order valence-corrected chi connectivity index (χ2v) is 5.96. The number of nitrogens with zero attached hydrogens (tertiary/aromatic N) is 4. The van der Waals surface area contributed by atoms with E-state index >= 15 is 0 Å². The molecule has 1 aliphatic rings. The molecule has 7 heteroatoms. The molecule has 0 atom stereocenters. The number of hydrogen-bond acceptors (Lipinski definition) is 6. The van der Waals surface area contributed by atoms with Gasteiger partial charge in [0.2, 0.25) is 0 Å². The number of likely N-dealkylation sites (N-methyl/N-ethyl adjacent to an activating group) is 1. The molecule has 1 aliphatic heterocycles. The first-order valence-electron chi connectivity index (χ1n) is 7.52. The average Bonchev–Trinajstić information content (AvgIpc) is 2.56. The Morgan fingerprint density at radius 2 is 1.91 bits per heavy atom. The van der Waals surface area contributed by atoms with E-state index in [9.17, 15) is 0 Å². The number of rotatable bonds is 4. The minimum atomic E-state index is 0.640. The summed E-state index contributed by atoms with van der Waals surface area (Å²) in [5.41, 5.74) is 0.781. The quantitative estimate of drug-likeness (QED) is 0.928. The topological polar surface area (TPSA) is 53.5 Å². The molecule has 0 saturated carbocycles. The van der Waals surface area contributed by atoms with Crippen LogP contribution in [0, 0.1) is 0 Å². The van der Waals surface area contributed by atoms with Gasteiger partial charge in [-0.1, -0.05) is 11.6 Å². The molecule has 0 unspecified atom stereocenters. The highest BCUT2D eigenvalue weighted by Crippen LogP contribution is 2.30. The van der Waals surface area contributed by atoms with Crippen LogP contribution in [-0.2, 0) is 0 Å². The summed E-state index contributed by atoms with van der Waals surface area (Å²) < 4.78 is 5.35. The van der Waals surface area contributed by atoms with E-state index in [0.717, 1.165) is 43.5 Å². The first-order chi connectivity index (χ1) is 11.2. The standard InChI is InChI=1S/C16H20ClN5O/c1-21-5-7-22(8-6-21)16-10-15(18-11-19-16)20-13-9-12(17)3-4-14(13)23-2/h3-4,9-11H,5-8H2,1-2H3,(H,18,19,20). The summed E-state index contributed by atoms with van der Waals surface area (Å²) in [6.45, 7) is 4.00. The van der Waals surface area contributed by atoms with E-state index in [1.54, 1.807) is 19.5 Å². The van der Waals surface area contributed by atoms with Crippen molar-refractivity contribution in [2.45, 2.75) is 0 Å². The van der Waals surface area contributed by atoms with Crippen LogP contribution in [0.2, 0.25) is 5.02 Å². The normalized spacial score (nSPS) is 15.5. The van der Waals surface area contributed by atoms with E-state index in [-0.39, 0.29) is 0 Å². The molecule has 1 saturated heterocycles. The van der Waals surface area contributed by atoms with Gasteiger partial charge in [-0.25, -0.2) is 9.97 Å². The predicted octanol–water partition coefficient (Wildman–Crippen LogP) is 2.63. The fraction of sp³-hybridized carbons (Fsp3) is 0.375. The monoisotopic (exact) mass is 333 g/mol. The molecular weight excluding hydrogens is 314 g/mol. The van der Waals surface area contributed by atoms with Crippen molar-refractivity contribution in [1.29, 1.82) is 0 Å². The van der Waals surface area contributed by atoms with Gasteiger partial charge in [-0.05, 0) is 25.2 Å². The molecular formula is C16H20ClN5O. The number of methoxy groups -OCH3 is 1. The lowest BCUT2D eigenvalue weighted by Crippen LogP contribution is -2.44. The zero-order chi connectivity index (χ0) is 16.2. The Labute approximate surface area is 141 Å². The Bertz CT molecular complexity index is 673. The molecule has 6 nitrogen and oxygen atoms in total. The molecule has 1 aromatic carbocycles. The second-order valence-electron chi connectivity index (χ2n) is 5.52. The maximum Gasteiger partial charge on any atom is 0.142 e. The summed E-state index contributed by atoms with van der Waals surface area (Å²) >= 11 is 6.07. The molecule has 0 aliphatic carbocycles. The van der Waals surface area contributed by atoms with Crippen molar-refractivity contribution in [3.8, 4) is 5.75 Å². The van der Waals surface area contributed by atoms with Crippen LogP contribution >= 0.6 is 11.6 Å². The van der Waals surface area contributed by atoms with Crippen LogP contribution in [-0.4, -0.2) is 55.2 Å². The third-order valence-electron chi connectivity index (χ3n) is 3.90. The largest absolute Gasteiger partial charge is 0.495 e. The van der Waals surface area contributed by atoms with Crippen LogP contribution in [0.3, 0.4) is 0 Å². The molecule has 1 N–H and O–H groups in total. The number of halogens is 1. The Kier molecular flexibility index (Phi) is 4.83. The highest BCUT2D eigenvalue weighted by molar-refractivity contribution is 6.31. The Hall–Kier alpha value is -2.05. The van der Waals surface area contributed by atoms with Crippen LogP contribution in [0.25, 0.3) is 0 Å². The number of hydrogen-bond donors (Lipinski definition) is 1. The molecule has 2 heterocycles. The fourth-order valence-corrected chi connectivity index (χ4v) is 2.71. The van der Waals surface area contributed by atoms with Crippen LogP contribution in [0.1, 0.15) is 0 Å². The van der Waals surface area contributed by atoms with Gasteiger partial charge in [0.05, 0.1) is 12.8 Å². The molecule has 1 aromatic heterocycles. The molecule has 0 bridgehead atoms. The molecule has 2 aromatic rings. The number of aromatic nitrogens is 2. The summed E-state index contributed by atoms with van der Waals surface area (Å²) in [7, 11) is 3.76. The van der Waals surface area contributed by atoms with Gasteiger partial charge in [0.25, 0.3) is 0 Å². The van der Waals surface area contributed by atoms with E-state index in [0.29, 0.717) is 10.8 Å². The lowest BCUT2D eigenvalue weighted by Gasteiger charge is -2.33. The summed E-state index contributed by atoms with van der Waals surface area (Å²) in [6, 6.07) is 7.39. The van der Waals surface area contributed by atoms with Crippen LogP contribution in [0.4, 0.5) is 17.3 Å². The predicted molar refractivity (Wildman–Crippen MR) is 93.0 cm³/mol. The third kappa shape index (κ3) is 3.83. The van der Waals surface area contributed by atoms with E-state index < -0.39 is 0 Å². The number of anilines is 3. The van der Waals surface area contributed by atoms with Gasteiger partial charge >= 0.3 is 0 Å².